The smallest absolute Gasteiger partial charge is 0.339 e. The van der Waals surface area contributed by atoms with E-state index in [1.165, 1.54) is 7.11 Å². The molecule has 0 aliphatic carbocycles. The summed E-state index contributed by atoms with van der Waals surface area (Å²) >= 11 is 0. The second kappa shape index (κ2) is 4.19. The summed E-state index contributed by atoms with van der Waals surface area (Å²) in [5.41, 5.74) is 1.38. The summed E-state index contributed by atoms with van der Waals surface area (Å²) in [5, 5.41) is 1.92. The molecule has 2 aromatic carbocycles. The highest BCUT2D eigenvalue weighted by Gasteiger charge is 2.13. The van der Waals surface area contributed by atoms with E-state index < -0.39 is 0 Å². The Hall–Kier alpha value is -2.09. The molecular formula is C14H12O2. The molecule has 0 radical (unpaired) electrons. The summed E-state index contributed by atoms with van der Waals surface area (Å²) in [6.45, 7) is 3.71. The molecule has 0 heterocycles. The highest BCUT2D eigenvalue weighted by Crippen LogP contribution is 2.23. The first-order valence-electron chi connectivity index (χ1n) is 5.00. The lowest BCUT2D eigenvalue weighted by molar-refractivity contribution is 0.0603. The summed E-state index contributed by atoms with van der Waals surface area (Å²) in [6.07, 6.45) is 1.67. The Kier molecular flexibility index (Phi) is 2.73. The van der Waals surface area contributed by atoms with Crippen LogP contribution in [0, 0.1) is 0 Å². The van der Waals surface area contributed by atoms with Crippen LogP contribution in [0.5, 0.6) is 0 Å². The Bertz CT molecular complexity index is 556. The minimum absolute atomic E-state index is 0.327. The molecule has 16 heavy (non-hydrogen) atoms. The molecule has 0 aliphatic heterocycles. The van der Waals surface area contributed by atoms with E-state index in [1.54, 1.807) is 6.08 Å². The van der Waals surface area contributed by atoms with Crippen molar-refractivity contribution in [3.05, 3.63) is 54.1 Å². The van der Waals surface area contributed by atoms with Gasteiger partial charge in [-0.25, -0.2) is 4.79 Å². The minimum Gasteiger partial charge on any atom is -0.465 e. The molecule has 0 amide bonds. The molecule has 0 spiro atoms. The van der Waals surface area contributed by atoms with Crippen LogP contribution in [-0.4, -0.2) is 13.1 Å². The van der Waals surface area contributed by atoms with E-state index in [1.807, 2.05) is 36.4 Å². The van der Waals surface area contributed by atoms with Gasteiger partial charge in [-0.3, -0.25) is 0 Å². The van der Waals surface area contributed by atoms with E-state index >= 15 is 0 Å². The summed E-state index contributed by atoms with van der Waals surface area (Å²) in [4.78, 5) is 11.7. The molecule has 0 saturated heterocycles. The van der Waals surface area contributed by atoms with Crippen molar-refractivity contribution in [2.75, 3.05) is 7.11 Å². The fourth-order valence-corrected chi connectivity index (χ4v) is 1.79. The molecule has 2 nitrogen and oxygen atoms in total. The lowest BCUT2D eigenvalue weighted by atomic mass is 9.99. The van der Waals surface area contributed by atoms with Crippen LogP contribution in [0.3, 0.4) is 0 Å². The van der Waals surface area contributed by atoms with Gasteiger partial charge in [0.15, 0.2) is 0 Å². The Morgan fingerprint density at radius 3 is 2.69 bits per heavy atom. The maximum atomic E-state index is 11.7. The molecule has 0 fully saturated rings. The van der Waals surface area contributed by atoms with E-state index in [4.69, 9.17) is 4.74 Å². The number of benzene rings is 2. The molecular weight excluding hydrogens is 200 g/mol. The van der Waals surface area contributed by atoms with Gasteiger partial charge >= 0.3 is 5.97 Å². The van der Waals surface area contributed by atoms with Gasteiger partial charge in [0, 0.05) is 0 Å². The van der Waals surface area contributed by atoms with E-state index in [2.05, 4.69) is 6.58 Å². The summed E-state index contributed by atoms with van der Waals surface area (Å²) < 4.78 is 4.80. The molecule has 0 bridgehead atoms. The molecule has 0 atom stereocenters. The second-order valence-electron chi connectivity index (χ2n) is 3.45. The maximum absolute atomic E-state index is 11.7. The average Bonchev–Trinajstić information content (AvgIpc) is 2.36. The van der Waals surface area contributed by atoms with Crippen molar-refractivity contribution in [2.45, 2.75) is 0 Å². The zero-order valence-corrected chi connectivity index (χ0v) is 9.07. The molecule has 0 N–H and O–H groups in total. The topological polar surface area (TPSA) is 26.3 Å². The van der Waals surface area contributed by atoms with Crippen molar-refractivity contribution in [1.29, 1.82) is 0 Å². The zero-order chi connectivity index (χ0) is 11.5. The Morgan fingerprint density at radius 2 is 2.00 bits per heavy atom. The highest BCUT2D eigenvalue weighted by molar-refractivity contribution is 6.07. The largest absolute Gasteiger partial charge is 0.465 e. The third-order valence-electron chi connectivity index (χ3n) is 2.57. The average molecular weight is 212 g/mol. The van der Waals surface area contributed by atoms with Gasteiger partial charge in [0.2, 0.25) is 0 Å². The Balaban J connectivity index is 2.83. The number of ether oxygens (including phenoxy) is 1. The van der Waals surface area contributed by atoms with Crippen molar-refractivity contribution in [2.24, 2.45) is 0 Å². The lowest BCUT2D eigenvalue weighted by Gasteiger charge is -2.08. The SMILES string of the molecule is C=Cc1ccc2ccccc2c1C(=O)OC. The molecule has 2 rings (SSSR count). The van der Waals surface area contributed by atoms with Crippen molar-refractivity contribution >= 4 is 22.8 Å². The normalized spacial score (nSPS) is 10.1. The van der Waals surface area contributed by atoms with Crippen molar-refractivity contribution in [1.82, 2.24) is 0 Å². The van der Waals surface area contributed by atoms with Gasteiger partial charge in [0.25, 0.3) is 0 Å². The first kappa shape index (κ1) is 10.4. The number of fused-ring (bicyclic) bond motifs is 1. The lowest BCUT2D eigenvalue weighted by Crippen LogP contribution is -2.04. The van der Waals surface area contributed by atoms with E-state index in [0.29, 0.717) is 5.56 Å². The van der Waals surface area contributed by atoms with Crippen LogP contribution in [0.1, 0.15) is 15.9 Å². The first-order valence-corrected chi connectivity index (χ1v) is 5.00. The van der Waals surface area contributed by atoms with Crippen molar-refractivity contribution in [3.8, 4) is 0 Å². The van der Waals surface area contributed by atoms with E-state index in [0.717, 1.165) is 16.3 Å². The number of rotatable bonds is 2. The minimum atomic E-state index is -0.327. The molecule has 80 valence electrons. The van der Waals surface area contributed by atoms with Crippen LogP contribution in [0.25, 0.3) is 16.8 Å². The van der Waals surface area contributed by atoms with Gasteiger partial charge in [-0.15, -0.1) is 0 Å². The summed E-state index contributed by atoms with van der Waals surface area (Å²) in [6, 6.07) is 11.6. The molecule has 2 heteroatoms. The van der Waals surface area contributed by atoms with Crippen molar-refractivity contribution in [3.63, 3.8) is 0 Å². The third-order valence-corrected chi connectivity index (χ3v) is 2.57. The van der Waals surface area contributed by atoms with Crippen LogP contribution >= 0.6 is 0 Å². The maximum Gasteiger partial charge on any atom is 0.339 e. The number of hydrogen-bond donors (Lipinski definition) is 0. The zero-order valence-electron chi connectivity index (χ0n) is 9.07. The van der Waals surface area contributed by atoms with Crippen molar-refractivity contribution < 1.29 is 9.53 Å². The molecule has 2 aromatic rings. The number of hydrogen-bond acceptors (Lipinski definition) is 2. The quantitative estimate of drug-likeness (QED) is 0.714. The Labute approximate surface area is 94.2 Å². The van der Waals surface area contributed by atoms with Crippen LogP contribution < -0.4 is 0 Å². The standard InChI is InChI=1S/C14H12O2/c1-3-10-8-9-11-6-4-5-7-12(11)13(10)14(15)16-2/h3-9H,1H2,2H3. The highest BCUT2D eigenvalue weighted by atomic mass is 16.5. The van der Waals surface area contributed by atoms with Crippen LogP contribution in [0.4, 0.5) is 0 Å². The fourth-order valence-electron chi connectivity index (χ4n) is 1.79. The predicted octanol–water partition coefficient (Wildman–Crippen LogP) is 3.27. The van der Waals surface area contributed by atoms with E-state index in [-0.39, 0.29) is 5.97 Å². The van der Waals surface area contributed by atoms with Gasteiger partial charge < -0.3 is 4.74 Å². The monoisotopic (exact) mass is 212 g/mol. The molecule has 0 unspecified atom stereocenters. The number of carbonyl (C=O) groups excluding carboxylic acids is 1. The van der Waals surface area contributed by atoms with Crippen LogP contribution in [0.15, 0.2) is 43.0 Å². The van der Waals surface area contributed by atoms with E-state index in [9.17, 15) is 4.79 Å². The van der Waals surface area contributed by atoms with Gasteiger partial charge in [-0.2, -0.15) is 0 Å². The predicted molar refractivity (Wildman–Crippen MR) is 65.4 cm³/mol. The third kappa shape index (κ3) is 1.58. The molecule has 0 saturated carbocycles. The second-order valence-corrected chi connectivity index (χ2v) is 3.45. The summed E-state index contributed by atoms with van der Waals surface area (Å²) in [7, 11) is 1.39. The first-order chi connectivity index (χ1) is 7.77. The van der Waals surface area contributed by atoms with Gasteiger partial charge in [0.1, 0.15) is 0 Å². The molecule has 0 aliphatic rings. The summed E-state index contributed by atoms with van der Waals surface area (Å²) in [5.74, 6) is -0.327. The Morgan fingerprint density at radius 1 is 1.25 bits per heavy atom. The van der Waals surface area contributed by atoms with Crippen LogP contribution in [0.2, 0.25) is 0 Å². The van der Waals surface area contributed by atoms with Gasteiger partial charge in [-0.05, 0) is 16.3 Å². The number of carbonyl (C=O) groups is 1. The fraction of sp³-hybridized carbons (Fsp3) is 0.0714. The number of methoxy groups -OCH3 is 1. The number of esters is 1. The van der Waals surface area contributed by atoms with Crippen LogP contribution in [-0.2, 0) is 4.74 Å². The molecule has 0 aromatic heterocycles. The van der Waals surface area contributed by atoms with Gasteiger partial charge in [0.05, 0.1) is 12.7 Å². The van der Waals surface area contributed by atoms with Gasteiger partial charge in [-0.1, -0.05) is 49.1 Å².